The lowest BCUT2D eigenvalue weighted by atomic mass is 9.92. The molecule has 1 saturated carbocycles. The van der Waals surface area contributed by atoms with Gasteiger partial charge in [-0.3, -0.25) is 9.59 Å². The van der Waals surface area contributed by atoms with E-state index in [2.05, 4.69) is 10.2 Å². The number of likely N-dealkylation sites (tertiary alicyclic amines) is 1. The van der Waals surface area contributed by atoms with E-state index in [4.69, 9.17) is 4.42 Å². The first-order valence-electron chi connectivity index (χ1n) is 13.5. The van der Waals surface area contributed by atoms with Gasteiger partial charge >= 0.3 is 0 Å². The molecule has 1 atom stereocenters. The molecular formula is C27H40N4O3. The summed E-state index contributed by atoms with van der Waals surface area (Å²) in [5.74, 6) is -0.0823. The van der Waals surface area contributed by atoms with Crippen molar-refractivity contribution in [3.63, 3.8) is 0 Å². The lowest BCUT2D eigenvalue weighted by Gasteiger charge is -2.45. The highest BCUT2D eigenvalue weighted by Gasteiger charge is 2.48. The third-order valence-electron chi connectivity index (χ3n) is 8.32. The molecule has 5 rings (SSSR count). The van der Waals surface area contributed by atoms with E-state index in [1.807, 2.05) is 28.5 Å². The van der Waals surface area contributed by atoms with Crippen molar-refractivity contribution in [2.45, 2.75) is 95.7 Å². The second-order valence-corrected chi connectivity index (χ2v) is 10.8. The number of carbonyl (C=O) groups excluding carboxylic acids is 2. The average Bonchev–Trinajstić information content (AvgIpc) is 3.29. The van der Waals surface area contributed by atoms with Crippen molar-refractivity contribution < 1.29 is 14.0 Å². The highest BCUT2D eigenvalue weighted by molar-refractivity contribution is 6.02. The van der Waals surface area contributed by atoms with Gasteiger partial charge in [0.05, 0.1) is 18.3 Å². The van der Waals surface area contributed by atoms with Crippen LogP contribution in [0.2, 0.25) is 0 Å². The summed E-state index contributed by atoms with van der Waals surface area (Å²) in [6.45, 7) is 5.96. The van der Waals surface area contributed by atoms with Gasteiger partial charge < -0.3 is 24.1 Å². The van der Waals surface area contributed by atoms with Crippen molar-refractivity contribution >= 4 is 22.9 Å². The fraction of sp³-hybridized carbons (Fsp3) is 0.704. The maximum Gasteiger partial charge on any atom is 0.271 e. The summed E-state index contributed by atoms with van der Waals surface area (Å²) >= 11 is 0. The molecule has 2 amide bonds. The van der Waals surface area contributed by atoms with Gasteiger partial charge in [0, 0.05) is 31.3 Å². The van der Waals surface area contributed by atoms with Crippen LogP contribution < -0.4 is 5.32 Å². The highest BCUT2D eigenvalue weighted by atomic mass is 16.3. The molecular weight excluding hydrogens is 428 g/mol. The summed E-state index contributed by atoms with van der Waals surface area (Å²) in [5.41, 5.74) is 1.30. The number of carbonyl (C=O) groups is 2. The molecule has 2 aromatic heterocycles. The summed E-state index contributed by atoms with van der Waals surface area (Å²) in [4.78, 5) is 32.0. The van der Waals surface area contributed by atoms with E-state index in [0.717, 1.165) is 50.8 Å². The van der Waals surface area contributed by atoms with Crippen LogP contribution in [0.25, 0.3) is 11.1 Å². The molecule has 1 saturated heterocycles. The molecule has 2 fully saturated rings. The van der Waals surface area contributed by atoms with Crippen molar-refractivity contribution in [1.29, 1.82) is 0 Å². The Balaban J connectivity index is 1.40. The molecule has 0 bridgehead atoms. The second kappa shape index (κ2) is 10.1. The number of furan rings is 1. The summed E-state index contributed by atoms with van der Waals surface area (Å²) in [6, 6.07) is 3.93. The van der Waals surface area contributed by atoms with Gasteiger partial charge in [0.1, 0.15) is 11.2 Å². The van der Waals surface area contributed by atoms with Gasteiger partial charge in [-0.25, -0.2) is 0 Å². The second-order valence-electron chi connectivity index (χ2n) is 10.8. The van der Waals surface area contributed by atoms with Crippen molar-refractivity contribution in [3.8, 4) is 0 Å². The molecule has 34 heavy (non-hydrogen) atoms. The minimum atomic E-state index is -0.929. The van der Waals surface area contributed by atoms with Crippen molar-refractivity contribution in [1.82, 2.24) is 19.7 Å². The van der Waals surface area contributed by atoms with Gasteiger partial charge in [-0.15, -0.1) is 0 Å². The Labute approximate surface area is 202 Å². The topological polar surface area (TPSA) is 70.7 Å². The average molecular weight is 469 g/mol. The van der Waals surface area contributed by atoms with E-state index in [-0.39, 0.29) is 17.9 Å². The molecule has 2 aliphatic heterocycles. The van der Waals surface area contributed by atoms with E-state index >= 15 is 0 Å². The Bertz CT molecular complexity index is 995. The molecule has 186 valence electrons. The number of fused-ring (bicyclic) bond motifs is 3. The van der Waals surface area contributed by atoms with E-state index < -0.39 is 5.54 Å². The first-order valence-corrected chi connectivity index (χ1v) is 13.5. The Morgan fingerprint density at radius 1 is 1.03 bits per heavy atom. The molecule has 7 heteroatoms. The Hall–Kier alpha value is -2.28. The molecule has 0 radical (unpaired) electrons. The Morgan fingerprint density at radius 2 is 1.71 bits per heavy atom. The molecule has 7 nitrogen and oxygen atoms in total. The Morgan fingerprint density at radius 3 is 2.44 bits per heavy atom. The fourth-order valence-corrected chi connectivity index (χ4v) is 6.17. The normalized spacial score (nSPS) is 25.6. The summed E-state index contributed by atoms with van der Waals surface area (Å²) in [7, 11) is 0. The molecule has 0 aromatic carbocycles. The van der Waals surface area contributed by atoms with Crippen LogP contribution in [0, 0.1) is 0 Å². The maximum absolute atomic E-state index is 13.9. The third-order valence-corrected chi connectivity index (χ3v) is 8.32. The fourth-order valence-electron chi connectivity index (χ4n) is 6.17. The van der Waals surface area contributed by atoms with Gasteiger partial charge in [0.15, 0.2) is 5.58 Å². The SMILES string of the molecule is CC1(C(=O)NC2CCCCCCC2)Cn2c(cc3occc32)C(=O)N1CCN1CCCCCC1. The van der Waals surface area contributed by atoms with Crippen LogP contribution in [0.3, 0.4) is 0 Å². The van der Waals surface area contributed by atoms with Gasteiger partial charge in [-0.2, -0.15) is 0 Å². The van der Waals surface area contributed by atoms with Gasteiger partial charge in [0.2, 0.25) is 5.91 Å². The molecule has 1 N–H and O–H groups in total. The van der Waals surface area contributed by atoms with E-state index in [1.165, 1.54) is 44.9 Å². The largest absolute Gasteiger partial charge is 0.463 e. The summed E-state index contributed by atoms with van der Waals surface area (Å²) in [6.07, 6.45) is 14.8. The zero-order valence-corrected chi connectivity index (χ0v) is 20.7. The lowest BCUT2D eigenvalue weighted by Crippen LogP contribution is -2.65. The van der Waals surface area contributed by atoms with Crippen LogP contribution in [0.4, 0.5) is 0 Å². The van der Waals surface area contributed by atoms with E-state index in [9.17, 15) is 9.59 Å². The van der Waals surface area contributed by atoms with Crippen LogP contribution in [-0.4, -0.2) is 63.9 Å². The molecule has 2 aromatic rings. The number of hydrogen-bond donors (Lipinski definition) is 1. The number of aromatic nitrogens is 1. The van der Waals surface area contributed by atoms with Crippen LogP contribution in [0.5, 0.6) is 0 Å². The van der Waals surface area contributed by atoms with Crippen LogP contribution in [-0.2, 0) is 11.3 Å². The first kappa shape index (κ1) is 23.5. The predicted octanol–water partition coefficient (Wildman–Crippen LogP) is 4.55. The molecule has 1 aliphatic carbocycles. The minimum absolute atomic E-state index is 0.0155. The van der Waals surface area contributed by atoms with E-state index in [1.54, 1.807) is 6.26 Å². The number of amides is 2. The Kier molecular flexibility index (Phi) is 7.00. The molecule has 1 unspecified atom stereocenters. The highest BCUT2D eigenvalue weighted by Crippen LogP contribution is 2.33. The zero-order chi connectivity index (χ0) is 23.5. The quantitative estimate of drug-likeness (QED) is 0.699. The monoisotopic (exact) mass is 468 g/mol. The van der Waals surface area contributed by atoms with Gasteiger partial charge in [-0.05, 0) is 45.7 Å². The number of rotatable bonds is 5. The van der Waals surface area contributed by atoms with Crippen LogP contribution >= 0.6 is 0 Å². The summed E-state index contributed by atoms with van der Waals surface area (Å²) < 4.78 is 7.59. The predicted molar refractivity (Wildman–Crippen MR) is 133 cm³/mol. The zero-order valence-electron chi connectivity index (χ0n) is 20.7. The van der Waals surface area contributed by atoms with Crippen LogP contribution in [0.15, 0.2) is 22.8 Å². The maximum atomic E-state index is 13.9. The smallest absolute Gasteiger partial charge is 0.271 e. The standard InChI is InChI=1S/C27H40N4O3/c1-27(26(33)28-21-11-7-3-2-4-8-12-21)20-30-22-13-18-34-24(22)19-23(30)25(32)31(27)17-16-29-14-9-5-6-10-15-29/h13,18-19,21H,2-12,14-17,20H2,1H3,(H,28,33). The lowest BCUT2D eigenvalue weighted by molar-refractivity contribution is -0.133. The van der Waals surface area contributed by atoms with Crippen LogP contribution in [0.1, 0.15) is 88.0 Å². The van der Waals surface area contributed by atoms with Crippen molar-refractivity contribution in [2.24, 2.45) is 0 Å². The number of nitrogens with one attached hydrogen (secondary N) is 1. The van der Waals surface area contributed by atoms with Crippen molar-refractivity contribution in [2.75, 3.05) is 26.2 Å². The minimum Gasteiger partial charge on any atom is -0.463 e. The van der Waals surface area contributed by atoms with E-state index in [0.29, 0.717) is 24.4 Å². The molecule has 0 spiro atoms. The summed E-state index contributed by atoms with van der Waals surface area (Å²) in [5, 5.41) is 3.38. The number of nitrogens with zero attached hydrogens (tertiary/aromatic N) is 3. The van der Waals surface area contributed by atoms with Gasteiger partial charge in [-0.1, -0.05) is 44.9 Å². The van der Waals surface area contributed by atoms with Crippen molar-refractivity contribution in [3.05, 3.63) is 24.1 Å². The van der Waals surface area contributed by atoms with Gasteiger partial charge in [0.25, 0.3) is 5.91 Å². The molecule has 4 heterocycles. The third kappa shape index (κ3) is 4.64. The molecule has 3 aliphatic rings. The number of hydrogen-bond acceptors (Lipinski definition) is 4. The first-order chi connectivity index (χ1) is 16.6.